The predicted octanol–water partition coefficient (Wildman–Crippen LogP) is 4.13. The number of amides is 1. The molecule has 0 bridgehead atoms. The number of nitrogens with two attached hydrogens (primary N) is 1. The van der Waals surface area contributed by atoms with Crippen molar-refractivity contribution in [3.8, 4) is 0 Å². The lowest BCUT2D eigenvalue weighted by atomic mass is 9.86. The molecule has 186 valence electrons. The van der Waals surface area contributed by atoms with Crippen LogP contribution in [0.1, 0.15) is 71.2 Å². The van der Waals surface area contributed by atoms with Crippen LogP contribution in [-0.2, 0) is 15.4 Å². The minimum Gasteiger partial charge on any atom is -0.465 e. The first-order valence-corrected chi connectivity index (χ1v) is 12.9. The summed E-state index contributed by atoms with van der Waals surface area (Å²) in [5.41, 5.74) is 1.48. The monoisotopic (exact) mass is 489 g/mol. The van der Waals surface area contributed by atoms with Crippen molar-refractivity contribution in [2.24, 2.45) is 11.1 Å². The van der Waals surface area contributed by atoms with E-state index in [1.54, 1.807) is 18.3 Å². The first-order chi connectivity index (χ1) is 15.7. The molecule has 4 N–H and O–H groups in total. The molecule has 1 aliphatic heterocycles. The van der Waals surface area contributed by atoms with Crippen LogP contribution in [0.3, 0.4) is 0 Å². The Hall–Kier alpha value is -2.72. The van der Waals surface area contributed by atoms with Gasteiger partial charge in [0.25, 0.3) is 10.0 Å². The number of hydrogen-bond donors (Lipinski definition) is 3. The van der Waals surface area contributed by atoms with Gasteiger partial charge in [-0.3, -0.25) is 4.98 Å². The maximum atomic E-state index is 11.8. The van der Waals surface area contributed by atoms with Crippen molar-refractivity contribution >= 4 is 21.9 Å². The van der Waals surface area contributed by atoms with E-state index in [2.05, 4.69) is 42.1 Å². The number of nitrogens with zero attached hydrogens (tertiary/aromatic N) is 3. The Balaban J connectivity index is 1.87. The Morgan fingerprint density at radius 1 is 1.32 bits per heavy atom. The summed E-state index contributed by atoms with van der Waals surface area (Å²) in [6, 6.07) is 8.45. The fourth-order valence-corrected chi connectivity index (χ4v) is 5.04. The van der Waals surface area contributed by atoms with E-state index in [0.717, 1.165) is 24.1 Å². The fourth-order valence-electron chi connectivity index (χ4n) is 4.55. The standard InChI is InChI=1S/C24H35N5O4S/c1-23(2,3)17-11-12-26-19(13-17)18(27-20-7-6-8-21(28-20)34(25,32)33)10-9-16-14-24(4,5)29(15-16)22(30)31/h6-8,11-13,16,18H,9-10,14-15H2,1-5H3,(H,27,28)(H,30,31)(H2,25,32,33)/t16-,18?/m0/s1. The van der Waals surface area contributed by atoms with Gasteiger partial charge in [-0.05, 0) is 74.3 Å². The largest absolute Gasteiger partial charge is 0.465 e. The Morgan fingerprint density at radius 3 is 2.62 bits per heavy atom. The SMILES string of the molecule is CC(C)(C)c1ccnc(C(CC[C@@H]2CN(C(=O)O)C(C)(C)C2)Nc2cccc(S(N)(=O)=O)n2)c1. The fraction of sp³-hybridized carbons (Fsp3) is 0.542. The van der Waals surface area contributed by atoms with E-state index in [9.17, 15) is 18.3 Å². The second-order valence-corrected chi connectivity index (χ2v) is 12.2. The van der Waals surface area contributed by atoms with Crippen molar-refractivity contribution in [3.05, 3.63) is 47.8 Å². The molecule has 3 rings (SSSR count). The van der Waals surface area contributed by atoms with Crippen molar-refractivity contribution in [3.63, 3.8) is 0 Å². The highest BCUT2D eigenvalue weighted by Gasteiger charge is 2.41. The minimum absolute atomic E-state index is 0.0640. The molecule has 0 spiro atoms. The summed E-state index contributed by atoms with van der Waals surface area (Å²) in [5, 5.41) is 17.9. The number of primary sulfonamides is 1. The molecule has 1 unspecified atom stereocenters. The maximum Gasteiger partial charge on any atom is 0.407 e. The van der Waals surface area contributed by atoms with Gasteiger partial charge in [-0.15, -0.1) is 0 Å². The van der Waals surface area contributed by atoms with Gasteiger partial charge in [-0.2, -0.15) is 0 Å². The summed E-state index contributed by atoms with van der Waals surface area (Å²) < 4.78 is 23.5. The zero-order chi connectivity index (χ0) is 25.3. The summed E-state index contributed by atoms with van der Waals surface area (Å²) in [5.74, 6) is 0.600. The second kappa shape index (κ2) is 9.50. The molecule has 2 aromatic rings. The van der Waals surface area contributed by atoms with Gasteiger partial charge in [0, 0.05) is 18.3 Å². The highest BCUT2D eigenvalue weighted by molar-refractivity contribution is 7.89. The van der Waals surface area contributed by atoms with Gasteiger partial charge in [-0.25, -0.2) is 23.3 Å². The van der Waals surface area contributed by atoms with Crippen LogP contribution in [0.4, 0.5) is 10.6 Å². The number of likely N-dealkylation sites (tertiary alicyclic amines) is 1. The molecule has 3 heterocycles. The van der Waals surface area contributed by atoms with Crippen LogP contribution in [0.25, 0.3) is 0 Å². The number of carboxylic acid groups (broad SMARTS) is 1. The third-order valence-corrected chi connectivity index (χ3v) is 7.21. The van der Waals surface area contributed by atoms with Crippen molar-refractivity contribution in [2.75, 3.05) is 11.9 Å². The highest BCUT2D eigenvalue weighted by atomic mass is 32.2. The maximum absolute atomic E-state index is 11.8. The van der Waals surface area contributed by atoms with Crippen molar-refractivity contribution < 1.29 is 18.3 Å². The number of nitrogens with one attached hydrogen (secondary N) is 1. The van der Waals surface area contributed by atoms with Crippen molar-refractivity contribution in [1.29, 1.82) is 0 Å². The van der Waals surface area contributed by atoms with E-state index in [4.69, 9.17) is 5.14 Å². The topological polar surface area (TPSA) is 139 Å². The third-order valence-electron chi connectivity index (χ3n) is 6.40. The first-order valence-electron chi connectivity index (χ1n) is 11.4. The van der Waals surface area contributed by atoms with Gasteiger partial charge < -0.3 is 15.3 Å². The molecule has 34 heavy (non-hydrogen) atoms. The van der Waals surface area contributed by atoms with Crippen molar-refractivity contribution in [2.45, 2.75) is 75.9 Å². The highest BCUT2D eigenvalue weighted by Crippen LogP contribution is 2.37. The van der Waals surface area contributed by atoms with Crippen LogP contribution >= 0.6 is 0 Å². The molecule has 9 nitrogen and oxygen atoms in total. The molecular weight excluding hydrogens is 454 g/mol. The molecular formula is C24H35N5O4S. The molecule has 0 saturated carbocycles. The summed E-state index contributed by atoms with van der Waals surface area (Å²) in [4.78, 5) is 21.9. The molecule has 0 aromatic carbocycles. The van der Waals surface area contributed by atoms with Gasteiger partial charge in [-0.1, -0.05) is 26.8 Å². The number of pyridine rings is 2. The number of anilines is 1. The summed E-state index contributed by atoms with van der Waals surface area (Å²) >= 11 is 0. The number of rotatable bonds is 7. The quantitative estimate of drug-likeness (QED) is 0.531. The van der Waals surface area contributed by atoms with E-state index >= 15 is 0 Å². The predicted molar refractivity (Wildman–Crippen MR) is 131 cm³/mol. The van der Waals surface area contributed by atoms with Crippen LogP contribution in [0.15, 0.2) is 41.6 Å². The lowest BCUT2D eigenvalue weighted by Gasteiger charge is -2.28. The number of carbonyl (C=O) groups is 1. The van der Waals surface area contributed by atoms with E-state index in [0.29, 0.717) is 18.8 Å². The number of sulfonamides is 1. The van der Waals surface area contributed by atoms with Crippen LogP contribution < -0.4 is 10.5 Å². The summed E-state index contributed by atoms with van der Waals surface area (Å²) in [6.45, 7) is 10.8. The molecule has 10 heteroatoms. The van der Waals surface area contributed by atoms with E-state index in [-0.39, 0.29) is 22.4 Å². The smallest absolute Gasteiger partial charge is 0.407 e. The minimum atomic E-state index is -3.93. The average molecular weight is 490 g/mol. The molecule has 2 atom stereocenters. The first kappa shape index (κ1) is 25.9. The zero-order valence-corrected chi connectivity index (χ0v) is 21.3. The molecule has 1 aliphatic rings. The van der Waals surface area contributed by atoms with Gasteiger partial charge >= 0.3 is 6.09 Å². The van der Waals surface area contributed by atoms with Gasteiger partial charge in [0.2, 0.25) is 0 Å². The Bertz CT molecular complexity index is 1140. The van der Waals surface area contributed by atoms with Gasteiger partial charge in [0.15, 0.2) is 5.03 Å². The van der Waals surface area contributed by atoms with Gasteiger partial charge in [0.1, 0.15) is 5.82 Å². The normalized spacial score (nSPS) is 19.1. The second-order valence-electron chi connectivity index (χ2n) is 10.7. The average Bonchev–Trinajstić information content (AvgIpc) is 3.04. The van der Waals surface area contributed by atoms with E-state index in [1.807, 2.05) is 19.9 Å². The third kappa shape index (κ3) is 6.24. The van der Waals surface area contributed by atoms with Crippen LogP contribution in [0.5, 0.6) is 0 Å². The Labute approximate surface area is 201 Å². The number of aromatic nitrogens is 2. The molecule has 1 fully saturated rings. The Kier molecular flexibility index (Phi) is 7.23. The lowest BCUT2D eigenvalue weighted by molar-refractivity contribution is 0.117. The molecule has 1 amide bonds. The van der Waals surface area contributed by atoms with E-state index < -0.39 is 21.7 Å². The van der Waals surface area contributed by atoms with Crippen LogP contribution in [-0.4, -0.2) is 46.6 Å². The van der Waals surface area contributed by atoms with Crippen LogP contribution in [0, 0.1) is 5.92 Å². The molecule has 2 aromatic heterocycles. The van der Waals surface area contributed by atoms with Gasteiger partial charge in [0.05, 0.1) is 11.7 Å². The number of hydrogen-bond acceptors (Lipinski definition) is 6. The molecule has 0 aliphatic carbocycles. The van der Waals surface area contributed by atoms with Crippen molar-refractivity contribution in [1.82, 2.24) is 14.9 Å². The summed E-state index contributed by atoms with van der Waals surface area (Å²) in [6.07, 6.45) is 3.12. The molecule has 0 radical (unpaired) electrons. The lowest BCUT2D eigenvalue weighted by Crippen LogP contribution is -2.41. The zero-order valence-electron chi connectivity index (χ0n) is 20.4. The van der Waals surface area contributed by atoms with E-state index in [1.165, 1.54) is 11.0 Å². The molecule has 1 saturated heterocycles. The van der Waals surface area contributed by atoms with Crippen LogP contribution in [0.2, 0.25) is 0 Å². The Morgan fingerprint density at radius 2 is 2.03 bits per heavy atom. The summed E-state index contributed by atoms with van der Waals surface area (Å²) in [7, 11) is -3.93.